The average Bonchev–Trinajstić information content (AvgIpc) is 2.25. The summed E-state index contributed by atoms with van der Waals surface area (Å²) in [5.74, 6) is -1.30. The molecular formula is C12H15NO3. The van der Waals surface area contributed by atoms with Crippen LogP contribution in [0.3, 0.4) is 0 Å². The molecule has 0 amide bonds. The number of hydrogen-bond acceptors (Lipinski definition) is 3. The van der Waals surface area contributed by atoms with Gasteiger partial charge in [0, 0.05) is 0 Å². The van der Waals surface area contributed by atoms with Crippen LogP contribution >= 0.6 is 0 Å². The van der Waals surface area contributed by atoms with E-state index in [-0.39, 0.29) is 5.54 Å². The van der Waals surface area contributed by atoms with E-state index in [9.17, 15) is 4.79 Å². The smallest absolute Gasteiger partial charge is 0.310 e. The molecule has 16 heavy (non-hydrogen) atoms. The molecule has 1 saturated heterocycles. The second kappa shape index (κ2) is 3.88. The molecule has 2 rings (SSSR count). The minimum Gasteiger partial charge on any atom is -0.481 e. The summed E-state index contributed by atoms with van der Waals surface area (Å²) in [6.07, 6.45) is 0. The fourth-order valence-corrected chi connectivity index (χ4v) is 1.73. The van der Waals surface area contributed by atoms with Gasteiger partial charge in [-0.25, -0.2) is 0 Å². The fourth-order valence-electron chi connectivity index (χ4n) is 1.73. The Bertz CT molecular complexity index is 395. The number of aliphatic carboxylic acids is 1. The molecule has 1 aliphatic heterocycles. The number of rotatable bonds is 3. The molecule has 0 aromatic heterocycles. The summed E-state index contributed by atoms with van der Waals surface area (Å²) < 4.78 is 5.09. The highest BCUT2D eigenvalue weighted by atomic mass is 16.5. The molecule has 86 valence electrons. The summed E-state index contributed by atoms with van der Waals surface area (Å²) in [4.78, 5) is 10.8. The molecular weight excluding hydrogens is 206 g/mol. The number of carboxylic acids is 1. The largest absolute Gasteiger partial charge is 0.481 e. The molecule has 1 heterocycles. The quantitative estimate of drug-likeness (QED) is 0.800. The third-order valence-corrected chi connectivity index (χ3v) is 3.08. The van der Waals surface area contributed by atoms with Crippen LogP contribution in [0.4, 0.5) is 0 Å². The Hall–Kier alpha value is -1.39. The zero-order chi connectivity index (χ0) is 11.8. The van der Waals surface area contributed by atoms with E-state index < -0.39 is 11.9 Å². The first-order valence-electron chi connectivity index (χ1n) is 5.23. The van der Waals surface area contributed by atoms with E-state index in [1.807, 2.05) is 24.3 Å². The van der Waals surface area contributed by atoms with Crippen LogP contribution in [0, 0.1) is 0 Å². The maximum absolute atomic E-state index is 10.8. The van der Waals surface area contributed by atoms with Gasteiger partial charge >= 0.3 is 5.97 Å². The number of hydrogen-bond donors (Lipinski definition) is 2. The lowest BCUT2D eigenvalue weighted by atomic mass is 9.87. The number of carboxylic acid groups (broad SMARTS) is 1. The van der Waals surface area contributed by atoms with Crippen LogP contribution in [0.5, 0.6) is 0 Å². The standard InChI is InChI=1S/C12H15NO3/c1-8(11(14)15)9-2-4-10(5-3-9)12(13)6-16-7-12/h2-5,8H,6-7,13H2,1H3,(H,14,15). The van der Waals surface area contributed by atoms with E-state index in [0.717, 1.165) is 11.1 Å². The van der Waals surface area contributed by atoms with Crippen molar-refractivity contribution < 1.29 is 14.6 Å². The highest BCUT2D eigenvalue weighted by Crippen LogP contribution is 2.27. The van der Waals surface area contributed by atoms with Crippen molar-refractivity contribution >= 4 is 5.97 Å². The Kier molecular flexibility index (Phi) is 2.69. The number of ether oxygens (including phenoxy) is 1. The third-order valence-electron chi connectivity index (χ3n) is 3.08. The van der Waals surface area contributed by atoms with Gasteiger partial charge < -0.3 is 15.6 Å². The first kappa shape index (κ1) is 11.1. The topological polar surface area (TPSA) is 72.5 Å². The van der Waals surface area contributed by atoms with E-state index in [1.54, 1.807) is 6.92 Å². The van der Waals surface area contributed by atoms with Crippen molar-refractivity contribution in [2.24, 2.45) is 5.73 Å². The number of nitrogens with two attached hydrogens (primary N) is 1. The highest BCUT2D eigenvalue weighted by molar-refractivity contribution is 5.75. The Morgan fingerprint density at radius 3 is 2.38 bits per heavy atom. The Balaban J connectivity index is 2.19. The van der Waals surface area contributed by atoms with Crippen molar-refractivity contribution in [1.29, 1.82) is 0 Å². The molecule has 0 bridgehead atoms. The molecule has 0 radical (unpaired) electrons. The van der Waals surface area contributed by atoms with Crippen molar-refractivity contribution in [3.8, 4) is 0 Å². The van der Waals surface area contributed by atoms with Crippen LogP contribution in [-0.2, 0) is 15.1 Å². The molecule has 0 saturated carbocycles. The van der Waals surface area contributed by atoms with Gasteiger partial charge in [-0.1, -0.05) is 24.3 Å². The van der Waals surface area contributed by atoms with Crippen molar-refractivity contribution in [2.45, 2.75) is 18.4 Å². The molecule has 4 nitrogen and oxygen atoms in total. The zero-order valence-electron chi connectivity index (χ0n) is 9.14. The van der Waals surface area contributed by atoms with Gasteiger partial charge in [-0.2, -0.15) is 0 Å². The molecule has 0 spiro atoms. The Morgan fingerprint density at radius 1 is 1.44 bits per heavy atom. The lowest BCUT2D eigenvalue weighted by molar-refractivity contribution is -0.138. The summed E-state index contributed by atoms with van der Waals surface area (Å²) in [7, 11) is 0. The van der Waals surface area contributed by atoms with Crippen LogP contribution in [0.25, 0.3) is 0 Å². The summed E-state index contributed by atoms with van der Waals surface area (Å²) >= 11 is 0. The van der Waals surface area contributed by atoms with Crippen LogP contribution in [-0.4, -0.2) is 24.3 Å². The van der Waals surface area contributed by atoms with E-state index >= 15 is 0 Å². The van der Waals surface area contributed by atoms with Gasteiger partial charge in [0.2, 0.25) is 0 Å². The molecule has 1 aliphatic rings. The second-order valence-corrected chi connectivity index (χ2v) is 4.33. The zero-order valence-corrected chi connectivity index (χ0v) is 9.14. The van der Waals surface area contributed by atoms with E-state index in [1.165, 1.54) is 0 Å². The van der Waals surface area contributed by atoms with Crippen molar-refractivity contribution in [3.63, 3.8) is 0 Å². The first-order valence-corrected chi connectivity index (χ1v) is 5.23. The van der Waals surface area contributed by atoms with E-state index in [4.69, 9.17) is 15.6 Å². The van der Waals surface area contributed by atoms with Crippen molar-refractivity contribution in [2.75, 3.05) is 13.2 Å². The minimum absolute atomic E-state index is 0.384. The summed E-state index contributed by atoms with van der Waals surface area (Å²) in [6.45, 7) is 2.73. The van der Waals surface area contributed by atoms with Crippen molar-refractivity contribution in [1.82, 2.24) is 0 Å². The van der Waals surface area contributed by atoms with Crippen LogP contribution < -0.4 is 5.73 Å². The molecule has 1 atom stereocenters. The van der Waals surface area contributed by atoms with Gasteiger partial charge in [-0.15, -0.1) is 0 Å². The van der Waals surface area contributed by atoms with Gasteiger partial charge in [-0.3, -0.25) is 4.79 Å². The minimum atomic E-state index is -0.817. The monoisotopic (exact) mass is 221 g/mol. The molecule has 4 heteroatoms. The van der Waals surface area contributed by atoms with Gasteiger partial charge in [0.15, 0.2) is 0 Å². The lowest BCUT2D eigenvalue weighted by Crippen LogP contribution is -2.54. The summed E-state index contributed by atoms with van der Waals surface area (Å²) in [6, 6.07) is 7.41. The molecule has 0 aliphatic carbocycles. The predicted octanol–water partition coefficient (Wildman–Crippen LogP) is 1.06. The lowest BCUT2D eigenvalue weighted by Gasteiger charge is -2.38. The average molecular weight is 221 g/mol. The van der Waals surface area contributed by atoms with Crippen molar-refractivity contribution in [3.05, 3.63) is 35.4 Å². The second-order valence-electron chi connectivity index (χ2n) is 4.33. The molecule has 1 unspecified atom stereocenters. The molecule has 1 aromatic rings. The van der Waals surface area contributed by atoms with Crippen LogP contribution in [0.15, 0.2) is 24.3 Å². The van der Waals surface area contributed by atoms with Gasteiger partial charge in [0.1, 0.15) is 0 Å². The third kappa shape index (κ3) is 1.81. The SMILES string of the molecule is CC(C(=O)O)c1ccc(C2(N)COC2)cc1. The predicted molar refractivity (Wildman–Crippen MR) is 59.2 cm³/mol. The molecule has 1 fully saturated rings. The highest BCUT2D eigenvalue weighted by Gasteiger charge is 2.35. The number of carbonyl (C=O) groups is 1. The van der Waals surface area contributed by atoms with E-state index in [2.05, 4.69) is 0 Å². The Morgan fingerprint density at radius 2 is 2.00 bits per heavy atom. The fraction of sp³-hybridized carbons (Fsp3) is 0.417. The maximum Gasteiger partial charge on any atom is 0.310 e. The molecule has 3 N–H and O–H groups in total. The van der Waals surface area contributed by atoms with Crippen LogP contribution in [0.1, 0.15) is 24.0 Å². The van der Waals surface area contributed by atoms with Crippen LogP contribution in [0.2, 0.25) is 0 Å². The summed E-state index contributed by atoms with van der Waals surface area (Å²) in [5.41, 5.74) is 7.48. The number of benzene rings is 1. The normalized spacial score (nSPS) is 19.9. The van der Waals surface area contributed by atoms with Gasteiger partial charge in [0.25, 0.3) is 0 Å². The maximum atomic E-state index is 10.8. The van der Waals surface area contributed by atoms with E-state index in [0.29, 0.717) is 13.2 Å². The van der Waals surface area contributed by atoms with Gasteiger partial charge in [0.05, 0.1) is 24.7 Å². The van der Waals surface area contributed by atoms with Gasteiger partial charge in [-0.05, 0) is 18.1 Å². The summed E-state index contributed by atoms with van der Waals surface area (Å²) in [5, 5.41) is 8.88. The molecule has 1 aromatic carbocycles. The Labute approximate surface area is 94.0 Å². The first-order chi connectivity index (χ1) is 7.53.